The van der Waals surface area contributed by atoms with Gasteiger partial charge in [0, 0.05) is 5.02 Å². The molecule has 0 aliphatic heterocycles. The molecule has 0 aliphatic rings. The molecule has 0 saturated carbocycles. The molecule has 0 fully saturated rings. The van der Waals surface area contributed by atoms with E-state index in [0.29, 0.717) is 33.2 Å². The smallest absolute Gasteiger partial charge is 0.276 e. The molecule has 0 atom stereocenters. The first kappa shape index (κ1) is 23.1. The third-order valence-corrected chi connectivity index (χ3v) is 6.35. The van der Waals surface area contributed by atoms with Crippen molar-refractivity contribution in [1.29, 1.82) is 0 Å². The van der Waals surface area contributed by atoms with Gasteiger partial charge in [-0.25, -0.2) is 4.83 Å². The van der Waals surface area contributed by atoms with E-state index in [9.17, 15) is 8.42 Å². The maximum atomic E-state index is 12.3. The highest BCUT2D eigenvalue weighted by Crippen LogP contribution is 2.37. The van der Waals surface area contributed by atoms with Gasteiger partial charge in [0.05, 0.1) is 22.7 Å². The van der Waals surface area contributed by atoms with Crippen molar-refractivity contribution in [1.82, 2.24) is 4.83 Å². The first-order valence-corrected chi connectivity index (χ1v) is 11.8. The van der Waals surface area contributed by atoms with Gasteiger partial charge in [-0.05, 0) is 70.4 Å². The van der Waals surface area contributed by atoms with Crippen molar-refractivity contribution >= 4 is 43.8 Å². The largest absolute Gasteiger partial charge is 0.493 e. The summed E-state index contributed by atoms with van der Waals surface area (Å²) in [6.45, 7) is 2.21. The molecule has 9 heteroatoms. The normalized spacial score (nSPS) is 11.5. The van der Waals surface area contributed by atoms with Gasteiger partial charge in [-0.15, -0.1) is 0 Å². The zero-order chi connectivity index (χ0) is 22.4. The predicted molar refractivity (Wildman–Crippen MR) is 126 cm³/mol. The molecule has 0 aromatic heterocycles. The van der Waals surface area contributed by atoms with Crippen LogP contribution in [-0.2, 0) is 16.6 Å². The third kappa shape index (κ3) is 6.22. The van der Waals surface area contributed by atoms with Crippen LogP contribution >= 0.6 is 27.5 Å². The number of benzene rings is 3. The molecule has 3 rings (SSSR count). The standard InChI is InChI=1S/C22H20BrClN2O4S/c1-15-3-9-19(10-4-15)31(27,28)26-25-13-17-11-20(23)22(21(12-17)29-2)30-14-16-5-7-18(24)8-6-16/h3-13,26H,14H2,1-2H3/b25-13-. The molecular formula is C22H20BrClN2O4S. The fraction of sp³-hybridized carbons (Fsp3) is 0.136. The molecule has 162 valence electrons. The Balaban J connectivity index is 1.72. The van der Waals surface area contributed by atoms with Crippen LogP contribution in [0.2, 0.25) is 5.02 Å². The van der Waals surface area contributed by atoms with Gasteiger partial charge in [0.25, 0.3) is 10.0 Å². The van der Waals surface area contributed by atoms with Gasteiger partial charge in [0.15, 0.2) is 11.5 Å². The van der Waals surface area contributed by atoms with Crippen molar-refractivity contribution in [3.8, 4) is 11.5 Å². The van der Waals surface area contributed by atoms with Crippen molar-refractivity contribution in [3.63, 3.8) is 0 Å². The lowest BCUT2D eigenvalue weighted by Crippen LogP contribution is -2.18. The topological polar surface area (TPSA) is 77.0 Å². The fourth-order valence-electron chi connectivity index (χ4n) is 2.63. The van der Waals surface area contributed by atoms with E-state index in [-0.39, 0.29) is 4.90 Å². The van der Waals surface area contributed by atoms with E-state index in [4.69, 9.17) is 21.1 Å². The molecule has 3 aromatic carbocycles. The molecule has 0 spiro atoms. The summed E-state index contributed by atoms with van der Waals surface area (Å²) >= 11 is 9.38. The molecule has 0 radical (unpaired) electrons. The second-order valence-electron chi connectivity index (χ2n) is 6.62. The Morgan fingerprint density at radius 1 is 1.10 bits per heavy atom. The van der Waals surface area contributed by atoms with Gasteiger partial charge < -0.3 is 9.47 Å². The Morgan fingerprint density at radius 3 is 2.42 bits per heavy atom. The summed E-state index contributed by atoms with van der Waals surface area (Å²) in [5.74, 6) is 1.00. The van der Waals surface area contributed by atoms with E-state index in [1.54, 1.807) is 36.4 Å². The molecule has 3 aromatic rings. The molecule has 6 nitrogen and oxygen atoms in total. The van der Waals surface area contributed by atoms with Gasteiger partial charge in [-0.3, -0.25) is 0 Å². The van der Waals surface area contributed by atoms with Crippen LogP contribution in [0.3, 0.4) is 0 Å². The van der Waals surface area contributed by atoms with Crippen LogP contribution in [0, 0.1) is 6.92 Å². The molecule has 0 saturated heterocycles. The lowest BCUT2D eigenvalue weighted by atomic mass is 10.2. The van der Waals surface area contributed by atoms with Crippen LogP contribution in [0.25, 0.3) is 0 Å². The molecule has 0 bridgehead atoms. The van der Waals surface area contributed by atoms with Gasteiger partial charge in [-0.2, -0.15) is 13.5 Å². The number of nitrogens with one attached hydrogen (secondary N) is 1. The molecular weight excluding hydrogens is 504 g/mol. The van der Waals surface area contributed by atoms with Crippen LogP contribution in [0.5, 0.6) is 11.5 Å². The summed E-state index contributed by atoms with van der Waals surface area (Å²) in [5, 5.41) is 4.52. The van der Waals surface area contributed by atoms with E-state index < -0.39 is 10.0 Å². The zero-order valence-corrected chi connectivity index (χ0v) is 20.0. The fourth-order valence-corrected chi connectivity index (χ4v) is 4.12. The van der Waals surface area contributed by atoms with Crippen molar-refractivity contribution in [3.05, 3.63) is 86.8 Å². The Morgan fingerprint density at radius 2 is 1.77 bits per heavy atom. The summed E-state index contributed by atoms with van der Waals surface area (Å²) in [6.07, 6.45) is 1.39. The van der Waals surface area contributed by atoms with Crippen molar-refractivity contribution in [2.75, 3.05) is 7.11 Å². The van der Waals surface area contributed by atoms with E-state index in [0.717, 1.165) is 11.1 Å². The average Bonchev–Trinajstić information content (AvgIpc) is 2.74. The number of rotatable bonds is 8. The van der Waals surface area contributed by atoms with Crippen molar-refractivity contribution in [2.24, 2.45) is 5.10 Å². The lowest BCUT2D eigenvalue weighted by molar-refractivity contribution is 0.282. The summed E-state index contributed by atoms with van der Waals surface area (Å²) < 4.78 is 36.6. The van der Waals surface area contributed by atoms with Crippen LogP contribution < -0.4 is 14.3 Å². The summed E-state index contributed by atoms with van der Waals surface area (Å²) in [4.78, 5) is 2.35. The highest BCUT2D eigenvalue weighted by molar-refractivity contribution is 9.10. The SMILES string of the molecule is COc1cc(/C=N\NS(=O)(=O)c2ccc(C)cc2)cc(Br)c1OCc1ccc(Cl)cc1. The second-order valence-corrected chi connectivity index (χ2v) is 9.57. The molecule has 1 N–H and O–H groups in total. The number of hydrogen-bond acceptors (Lipinski definition) is 5. The van der Waals surface area contributed by atoms with E-state index in [1.165, 1.54) is 25.5 Å². The minimum atomic E-state index is -3.75. The summed E-state index contributed by atoms with van der Waals surface area (Å²) in [5.41, 5.74) is 2.54. The number of nitrogens with zero attached hydrogens (tertiary/aromatic N) is 1. The number of methoxy groups -OCH3 is 1. The molecule has 31 heavy (non-hydrogen) atoms. The first-order chi connectivity index (χ1) is 14.8. The Hall–Kier alpha value is -2.55. The molecule has 0 aliphatic carbocycles. The molecule has 0 heterocycles. The quantitative estimate of drug-likeness (QED) is 0.321. The first-order valence-electron chi connectivity index (χ1n) is 9.15. The Labute approximate surface area is 195 Å². The minimum absolute atomic E-state index is 0.139. The number of ether oxygens (including phenoxy) is 2. The maximum absolute atomic E-state index is 12.3. The van der Waals surface area contributed by atoms with Gasteiger partial charge in [-0.1, -0.05) is 41.4 Å². The number of hydrazone groups is 1. The highest BCUT2D eigenvalue weighted by atomic mass is 79.9. The van der Waals surface area contributed by atoms with Crippen LogP contribution in [0.1, 0.15) is 16.7 Å². The van der Waals surface area contributed by atoms with Crippen molar-refractivity contribution in [2.45, 2.75) is 18.4 Å². The predicted octanol–water partition coefficient (Wildman–Crippen LogP) is 5.31. The highest BCUT2D eigenvalue weighted by Gasteiger charge is 2.13. The Kier molecular flexibility index (Phi) is 7.59. The number of halogens is 2. The van der Waals surface area contributed by atoms with Crippen molar-refractivity contribution < 1.29 is 17.9 Å². The van der Waals surface area contributed by atoms with E-state index in [2.05, 4.69) is 25.9 Å². The Bertz CT molecular complexity index is 1180. The third-order valence-electron chi connectivity index (χ3n) is 4.27. The lowest BCUT2D eigenvalue weighted by Gasteiger charge is -2.13. The van der Waals surface area contributed by atoms with Crippen LogP contribution in [0.4, 0.5) is 0 Å². The molecule has 0 unspecified atom stereocenters. The monoisotopic (exact) mass is 522 g/mol. The summed E-state index contributed by atoms with van der Waals surface area (Å²) in [7, 11) is -2.22. The van der Waals surface area contributed by atoms with E-state index in [1.807, 2.05) is 19.1 Å². The number of hydrogen-bond donors (Lipinski definition) is 1. The van der Waals surface area contributed by atoms with Crippen LogP contribution in [-0.4, -0.2) is 21.7 Å². The van der Waals surface area contributed by atoms with Gasteiger partial charge in [0.2, 0.25) is 0 Å². The van der Waals surface area contributed by atoms with Crippen LogP contribution in [0.15, 0.2) is 75.1 Å². The number of aryl methyl sites for hydroxylation is 1. The van der Waals surface area contributed by atoms with Gasteiger partial charge in [0.1, 0.15) is 6.61 Å². The summed E-state index contributed by atoms with van der Waals surface area (Å²) in [6, 6.07) is 17.3. The minimum Gasteiger partial charge on any atom is -0.493 e. The van der Waals surface area contributed by atoms with Gasteiger partial charge >= 0.3 is 0 Å². The van der Waals surface area contributed by atoms with E-state index >= 15 is 0 Å². The zero-order valence-electron chi connectivity index (χ0n) is 16.8. The second kappa shape index (κ2) is 10.2. The molecule has 0 amide bonds. The average molecular weight is 524 g/mol. The maximum Gasteiger partial charge on any atom is 0.276 e. The number of sulfonamides is 1.